The zero-order valence-electron chi connectivity index (χ0n) is 12.6. The van der Waals surface area contributed by atoms with E-state index in [0.717, 1.165) is 16.8 Å². The van der Waals surface area contributed by atoms with Crippen LogP contribution < -0.4 is 15.5 Å². The summed E-state index contributed by atoms with van der Waals surface area (Å²) in [6.07, 6.45) is 0.369. The number of hydrogen-bond acceptors (Lipinski definition) is 2. The summed E-state index contributed by atoms with van der Waals surface area (Å²) in [5.41, 5.74) is 3.45. The number of halogens is 1. The van der Waals surface area contributed by atoms with Crippen LogP contribution in [0.15, 0.2) is 42.5 Å². The number of amides is 3. The van der Waals surface area contributed by atoms with Gasteiger partial charge < -0.3 is 15.5 Å². The minimum atomic E-state index is -0.294. The van der Waals surface area contributed by atoms with Crippen molar-refractivity contribution < 1.29 is 9.59 Å². The second kappa shape index (κ2) is 6.30. The van der Waals surface area contributed by atoms with E-state index in [1.54, 1.807) is 30.1 Å². The van der Waals surface area contributed by atoms with Crippen molar-refractivity contribution in [3.8, 4) is 0 Å². The first-order valence-corrected chi connectivity index (χ1v) is 7.59. The Bertz CT molecular complexity index is 759. The number of nitrogens with one attached hydrogen (secondary N) is 2. The van der Waals surface area contributed by atoms with Gasteiger partial charge in [0.15, 0.2) is 0 Å². The molecule has 6 heteroatoms. The number of nitrogens with zero attached hydrogens (tertiary/aromatic N) is 1. The lowest BCUT2D eigenvalue weighted by Crippen LogP contribution is -2.28. The Morgan fingerprint density at radius 2 is 1.96 bits per heavy atom. The summed E-state index contributed by atoms with van der Waals surface area (Å²) in [5.74, 6) is 0.0596. The first-order valence-electron chi connectivity index (χ1n) is 7.22. The van der Waals surface area contributed by atoms with E-state index >= 15 is 0 Å². The van der Waals surface area contributed by atoms with Crippen LogP contribution in [-0.2, 0) is 17.8 Å². The van der Waals surface area contributed by atoms with Crippen molar-refractivity contribution in [3.05, 3.63) is 58.6 Å². The average Bonchev–Trinajstić information content (AvgIpc) is 2.81. The maximum absolute atomic E-state index is 12.0. The summed E-state index contributed by atoms with van der Waals surface area (Å²) in [4.78, 5) is 25.2. The van der Waals surface area contributed by atoms with Crippen molar-refractivity contribution in [1.82, 2.24) is 5.32 Å². The molecule has 0 saturated heterocycles. The highest BCUT2D eigenvalue weighted by Gasteiger charge is 2.23. The number of hydrogen-bond donors (Lipinski definition) is 2. The van der Waals surface area contributed by atoms with Crippen LogP contribution >= 0.6 is 11.6 Å². The third-order valence-corrected chi connectivity index (χ3v) is 4.03. The van der Waals surface area contributed by atoms with Gasteiger partial charge in [-0.1, -0.05) is 23.7 Å². The van der Waals surface area contributed by atoms with Crippen molar-refractivity contribution >= 4 is 34.9 Å². The maximum atomic E-state index is 12.0. The van der Waals surface area contributed by atoms with E-state index in [0.29, 0.717) is 23.7 Å². The Morgan fingerprint density at radius 3 is 2.70 bits per heavy atom. The molecule has 0 aromatic heterocycles. The van der Waals surface area contributed by atoms with Crippen LogP contribution in [0.4, 0.5) is 16.2 Å². The zero-order valence-corrected chi connectivity index (χ0v) is 13.4. The van der Waals surface area contributed by atoms with Crippen LogP contribution in [0, 0.1) is 0 Å². The Hall–Kier alpha value is -2.53. The molecule has 3 rings (SSSR count). The summed E-state index contributed by atoms with van der Waals surface area (Å²) in [5, 5.41) is 6.22. The molecule has 0 unspecified atom stereocenters. The molecular formula is C17H16ClN3O2. The standard InChI is InChI=1S/C17H16ClN3O2/c1-21-15-7-6-14(8-12(15)9-16(21)22)20-17(23)19-10-11-2-4-13(18)5-3-11/h2-8H,9-10H2,1H3,(H2,19,20,23). The molecule has 0 bridgehead atoms. The quantitative estimate of drug-likeness (QED) is 0.908. The number of urea groups is 1. The molecule has 23 heavy (non-hydrogen) atoms. The maximum Gasteiger partial charge on any atom is 0.319 e. The van der Waals surface area contributed by atoms with Gasteiger partial charge in [-0.25, -0.2) is 4.79 Å². The van der Waals surface area contributed by atoms with Crippen LogP contribution in [0.1, 0.15) is 11.1 Å². The van der Waals surface area contributed by atoms with E-state index in [-0.39, 0.29) is 11.9 Å². The lowest BCUT2D eigenvalue weighted by molar-refractivity contribution is -0.117. The topological polar surface area (TPSA) is 61.4 Å². The molecule has 0 aliphatic carbocycles. The molecular weight excluding hydrogens is 314 g/mol. The van der Waals surface area contributed by atoms with E-state index in [9.17, 15) is 9.59 Å². The number of anilines is 2. The molecule has 3 amide bonds. The van der Waals surface area contributed by atoms with Gasteiger partial charge in [0.2, 0.25) is 5.91 Å². The van der Waals surface area contributed by atoms with Gasteiger partial charge in [0, 0.05) is 30.0 Å². The normalized spacial score (nSPS) is 13.0. The summed E-state index contributed by atoms with van der Waals surface area (Å²) in [7, 11) is 1.75. The highest BCUT2D eigenvalue weighted by molar-refractivity contribution is 6.30. The fourth-order valence-corrected chi connectivity index (χ4v) is 2.63. The van der Waals surface area contributed by atoms with Gasteiger partial charge in [0.25, 0.3) is 0 Å². The second-order valence-corrected chi connectivity index (χ2v) is 5.84. The largest absolute Gasteiger partial charge is 0.334 e. The van der Waals surface area contributed by atoms with Crippen molar-refractivity contribution in [1.29, 1.82) is 0 Å². The molecule has 2 aromatic carbocycles. The lowest BCUT2D eigenvalue weighted by Gasteiger charge is -2.11. The highest BCUT2D eigenvalue weighted by Crippen LogP contribution is 2.29. The molecule has 0 radical (unpaired) electrons. The molecule has 0 fully saturated rings. The molecule has 1 heterocycles. The monoisotopic (exact) mass is 329 g/mol. The number of carbonyl (C=O) groups excluding carboxylic acids is 2. The van der Waals surface area contributed by atoms with Gasteiger partial charge in [-0.05, 0) is 41.5 Å². The summed E-state index contributed by atoms with van der Waals surface area (Å²) >= 11 is 5.82. The third-order valence-electron chi connectivity index (χ3n) is 3.78. The Morgan fingerprint density at radius 1 is 1.22 bits per heavy atom. The highest BCUT2D eigenvalue weighted by atomic mass is 35.5. The Labute approximate surface area is 139 Å². The second-order valence-electron chi connectivity index (χ2n) is 5.41. The van der Waals surface area contributed by atoms with Crippen LogP contribution in [0.25, 0.3) is 0 Å². The predicted molar refractivity (Wildman–Crippen MR) is 90.9 cm³/mol. The van der Waals surface area contributed by atoms with Crippen LogP contribution in [0.3, 0.4) is 0 Å². The molecule has 0 spiro atoms. The van der Waals surface area contributed by atoms with E-state index in [2.05, 4.69) is 10.6 Å². The fraction of sp³-hybridized carbons (Fsp3) is 0.176. The van der Waals surface area contributed by atoms with Crippen LogP contribution in [0.5, 0.6) is 0 Å². The van der Waals surface area contributed by atoms with Crippen molar-refractivity contribution in [2.24, 2.45) is 0 Å². The lowest BCUT2D eigenvalue weighted by atomic mass is 10.1. The summed E-state index contributed by atoms with van der Waals surface area (Å²) < 4.78 is 0. The number of carbonyl (C=O) groups is 2. The van der Waals surface area contributed by atoms with Crippen molar-refractivity contribution in [2.45, 2.75) is 13.0 Å². The average molecular weight is 330 g/mol. The van der Waals surface area contributed by atoms with Gasteiger partial charge in [0.1, 0.15) is 0 Å². The smallest absolute Gasteiger partial charge is 0.319 e. The van der Waals surface area contributed by atoms with Gasteiger partial charge in [-0.2, -0.15) is 0 Å². The summed E-state index contributed by atoms with van der Waals surface area (Å²) in [6, 6.07) is 12.5. The van der Waals surface area contributed by atoms with E-state index in [1.165, 1.54) is 0 Å². The van der Waals surface area contributed by atoms with E-state index < -0.39 is 0 Å². The first kappa shape index (κ1) is 15.4. The number of fused-ring (bicyclic) bond motifs is 1. The molecule has 118 valence electrons. The molecule has 2 aromatic rings. The third kappa shape index (κ3) is 3.46. The SMILES string of the molecule is CN1C(=O)Cc2cc(NC(=O)NCc3ccc(Cl)cc3)ccc21. The molecule has 1 aliphatic rings. The predicted octanol–water partition coefficient (Wildman–Crippen LogP) is 3.18. The zero-order chi connectivity index (χ0) is 16.4. The number of benzene rings is 2. The first-order chi connectivity index (χ1) is 11.0. The van der Waals surface area contributed by atoms with Gasteiger partial charge in [0.05, 0.1) is 6.42 Å². The summed E-state index contributed by atoms with van der Waals surface area (Å²) in [6.45, 7) is 0.412. The fourth-order valence-electron chi connectivity index (χ4n) is 2.51. The molecule has 1 aliphatic heterocycles. The van der Waals surface area contributed by atoms with Crippen molar-refractivity contribution in [2.75, 3.05) is 17.3 Å². The van der Waals surface area contributed by atoms with Crippen LogP contribution in [0.2, 0.25) is 5.02 Å². The Balaban J connectivity index is 1.59. The van der Waals surface area contributed by atoms with Gasteiger partial charge in [-0.3, -0.25) is 4.79 Å². The minimum Gasteiger partial charge on any atom is -0.334 e. The number of likely N-dealkylation sites (N-methyl/N-ethyl adjacent to an activating group) is 1. The Kier molecular flexibility index (Phi) is 4.21. The van der Waals surface area contributed by atoms with E-state index in [1.807, 2.05) is 24.3 Å². The molecule has 5 nitrogen and oxygen atoms in total. The number of rotatable bonds is 3. The van der Waals surface area contributed by atoms with Gasteiger partial charge >= 0.3 is 6.03 Å². The van der Waals surface area contributed by atoms with E-state index in [4.69, 9.17) is 11.6 Å². The van der Waals surface area contributed by atoms with Gasteiger partial charge in [-0.15, -0.1) is 0 Å². The van der Waals surface area contributed by atoms with Crippen LogP contribution in [-0.4, -0.2) is 19.0 Å². The van der Waals surface area contributed by atoms with Crippen molar-refractivity contribution in [3.63, 3.8) is 0 Å². The molecule has 2 N–H and O–H groups in total. The molecule has 0 saturated carbocycles. The minimum absolute atomic E-state index is 0.0596. The molecule has 0 atom stereocenters.